The van der Waals surface area contributed by atoms with E-state index in [0.717, 1.165) is 42.6 Å². The van der Waals surface area contributed by atoms with E-state index in [1.807, 2.05) is 6.92 Å². The standard InChI is InChI=1S/C15H23N3O2S/c1-10-17-13(9-21-10)6-16-12-4-14(5-12)18(8-15(19)20)7-11-2-3-11/h9,11-12,14,16H,2-8H2,1H3,(H,19,20). The predicted octanol–water partition coefficient (Wildman–Crippen LogP) is 1.87. The Morgan fingerprint density at radius 2 is 2.29 bits per heavy atom. The third kappa shape index (κ3) is 4.25. The van der Waals surface area contributed by atoms with E-state index in [1.165, 1.54) is 12.8 Å². The van der Waals surface area contributed by atoms with Crippen LogP contribution in [-0.4, -0.2) is 46.1 Å². The number of carboxylic acid groups (broad SMARTS) is 1. The van der Waals surface area contributed by atoms with Crippen LogP contribution in [0.5, 0.6) is 0 Å². The lowest BCUT2D eigenvalue weighted by Gasteiger charge is -2.43. The van der Waals surface area contributed by atoms with Crippen LogP contribution in [0.4, 0.5) is 0 Å². The Morgan fingerprint density at radius 3 is 2.86 bits per heavy atom. The molecular formula is C15H23N3O2S. The number of rotatable bonds is 8. The van der Waals surface area contributed by atoms with Gasteiger partial charge in [0, 0.05) is 30.6 Å². The zero-order valence-corrected chi connectivity index (χ0v) is 13.2. The molecule has 1 aromatic rings. The molecule has 0 saturated heterocycles. The van der Waals surface area contributed by atoms with E-state index in [1.54, 1.807) is 11.3 Å². The number of aromatic nitrogens is 1. The zero-order valence-electron chi connectivity index (χ0n) is 12.4. The lowest BCUT2D eigenvalue weighted by atomic mass is 9.85. The van der Waals surface area contributed by atoms with Gasteiger partial charge in [-0.15, -0.1) is 11.3 Å². The van der Waals surface area contributed by atoms with Gasteiger partial charge in [-0.05, 0) is 38.5 Å². The van der Waals surface area contributed by atoms with Gasteiger partial charge in [-0.3, -0.25) is 9.69 Å². The van der Waals surface area contributed by atoms with Crippen molar-refractivity contribution in [2.24, 2.45) is 5.92 Å². The van der Waals surface area contributed by atoms with E-state index in [-0.39, 0.29) is 6.54 Å². The number of nitrogens with zero attached hydrogens (tertiary/aromatic N) is 2. The third-order valence-electron chi connectivity index (χ3n) is 4.40. The fourth-order valence-corrected chi connectivity index (χ4v) is 3.55. The molecule has 0 aliphatic heterocycles. The second-order valence-electron chi connectivity index (χ2n) is 6.33. The first-order valence-corrected chi connectivity index (χ1v) is 8.58. The molecule has 2 N–H and O–H groups in total. The van der Waals surface area contributed by atoms with Crippen molar-refractivity contribution >= 4 is 17.3 Å². The van der Waals surface area contributed by atoms with E-state index in [2.05, 4.69) is 20.6 Å². The minimum atomic E-state index is -0.704. The highest BCUT2D eigenvalue weighted by Gasteiger charge is 2.36. The van der Waals surface area contributed by atoms with Gasteiger partial charge in [0.2, 0.25) is 0 Å². The summed E-state index contributed by atoms with van der Waals surface area (Å²) in [6.07, 6.45) is 4.66. The Bertz CT molecular complexity index is 495. The Balaban J connectivity index is 1.41. The van der Waals surface area contributed by atoms with Crippen LogP contribution in [0.3, 0.4) is 0 Å². The highest BCUT2D eigenvalue weighted by molar-refractivity contribution is 7.09. The molecule has 2 saturated carbocycles. The topological polar surface area (TPSA) is 65.5 Å². The molecule has 0 bridgehead atoms. The molecule has 0 spiro atoms. The predicted molar refractivity (Wildman–Crippen MR) is 82.4 cm³/mol. The van der Waals surface area contributed by atoms with Crippen molar-refractivity contribution in [2.75, 3.05) is 13.1 Å². The summed E-state index contributed by atoms with van der Waals surface area (Å²) >= 11 is 1.68. The van der Waals surface area contributed by atoms with Gasteiger partial charge in [0.05, 0.1) is 17.2 Å². The van der Waals surface area contributed by atoms with E-state index >= 15 is 0 Å². The van der Waals surface area contributed by atoms with Crippen molar-refractivity contribution in [3.05, 3.63) is 16.1 Å². The fourth-order valence-electron chi connectivity index (χ4n) is 2.94. The second kappa shape index (κ2) is 6.42. The lowest BCUT2D eigenvalue weighted by molar-refractivity contribution is -0.139. The van der Waals surface area contributed by atoms with Gasteiger partial charge in [-0.25, -0.2) is 4.98 Å². The minimum Gasteiger partial charge on any atom is -0.480 e. The molecule has 0 unspecified atom stereocenters. The number of hydrogen-bond acceptors (Lipinski definition) is 5. The van der Waals surface area contributed by atoms with Gasteiger partial charge >= 0.3 is 5.97 Å². The van der Waals surface area contributed by atoms with Gasteiger partial charge in [0.1, 0.15) is 0 Å². The summed E-state index contributed by atoms with van der Waals surface area (Å²) < 4.78 is 0. The van der Waals surface area contributed by atoms with Crippen LogP contribution in [0, 0.1) is 12.8 Å². The Hall–Kier alpha value is -0.980. The smallest absolute Gasteiger partial charge is 0.317 e. The van der Waals surface area contributed by atoms with E-state index < -0.39 is 5.97 Å². The highest BCUT2D eigenvalue weighted by Crippen LogP contribution is 2.33. The minimum absolute atomic E-state index is 0.194. The van der Waals surface area contributed by atoms with Crippen molar-refractivity contribution in [3.63, 3.8) is 0 Å². The molecule has 3 rings (SSSR count). The van der Waals surface area contributed by atoms with Crippen LogP contribution in [0.25, 0.3) is 0 Å². The maximum Gasteiger partial charge on any atom is 0.317 e. The summed E-state index contributed by atoms with van der Waals surface area (Å²) in [5.41, 5.74) is 1.11. The quantitative estimate of drug-likeness (QED) is 0.767. The van der Waals surface area contributed by atoms with Gasteiger partial charge in [0.15, 0.2) is 0 Å². The Kier molecular flexibility index (Phi) is 4.57. The van der Waals surface area contributed by atoms with E-state index in [9.17, 15) is 4.79 Å². The molecule has 0 atom stereocenters. The molecule has 5 nitrogen and oxygen atoms in total. The van der Waals surface area contributed by atoms with Crippen molar-refractivity contribution in [3.8, 4) is 0 Å². The molecule has 1 aromatic heterocycles. The summed E-state index contributed by atoms with van der Waals surface area (Å²) in [5, 5.41) is 15.8. The zero-order chi connectivity index (χ0) is 14.8. The molecule has 0 aromatic carbocycles. The van der Waals surface area contributed by atoms with Crippen LogP contribution in [0.1, 0.15) is 36.4 Å². The average molecular weight is 309 g/mol. The van der Waals surface area contributed by atoms with Gasteiger partial charge in [-0.1, -0.05) is 0 Å². The van der Waals surface area contributed by atoms with Crippen LogP contribution < -0.4 is 5.32 Å². The number of aliphatic carboxylic acids is 1. The largest absolute Gasteiger partial charge is 0.480 e. The summed E-state index contributed by atoms with van der Waals surface area (Å²) in [5.74, 6) is 0.0411. The van der Waals surface area contributed by atoms with Crippen molar-refractivity contribution in [1.82, 2.24) is 15.2 Å². The summed E-state index contributed by atoms with van der Waals surface area (Å²) in [4.78, 5) is 17.6. The number of nitrogens with one attached hydrogen (secondary N) is 1. The van der Waals surface area contributed by atoms with Crippen molar-refractivity contribution in [1.29, 1.82) is 0 Å². The SMILES string of the molecule is Cc1nc(CNC2CC(N(CC(=O)O)CC3CC3)C2)cs1. The molecule has 21 heavy (non-hydrogen) atoms. The monoisotopic (exact) mass is 309 g/mol. The lowest BCUT2D eigenvalue weighted by Crippen LogP contribution is -2.54. The van der Waals surface area contributed by atoms with E-state index in [4.69, 9.17) is 5.11 Å². The summed E-state index contributed by atoms with van der Waals surface area (Å²) in [6, 6.07) is 0.948. The Labute approximate surface area is 129 Å². The fraction of sp³-hybridized carbons (Fsp3) is 0.733. The van der Waals surface area contributed by atoms with Crippen LogP contribution >= 0.6 is 11.3 Å². The molecule has 0 amide bonds. The normalized spacial score (nSPS) is 25.0. The summed E-state index contributed by atoms with van der Waals surface area (Å²) in [6.45, 7) is 4.01. The highest BCUT2D eigenvalue weighted by atomic mass is 32.1. The van der Waals surface area contributed by atoms with Gasteiger partial charge < -0.3 is 10.4 Å². The molecular weight excluding hydrogens is 286 g/mol. The van der Waals surface area contributed by atoms with Crippen LogP contribution in [-0.2, 0) is 11.3 Å². The van der Waals surface area contributed by atoms with Gasteiger partial charge in [-0.2, -0.15) is 0 Å². The van der Waals surface area contributed by atoms with Crippen LogP contribution in [0.2, 0.25) is 0 Å². The van der Waals surface area contributed by atoms with Crippen molar-refractivity contribution in [2.45, 2.75) is 51.2 Å². The number of hydrogen-bond donors (Lipinski definition) is 2. The molecule has 2 aliphatic carbocycles. The third-order valence-corrected chi connectivity index (χ3v) is 5.22. The number of aryl methyl sites for hydroxylation is 1. The first-order valence-electron chi connectivity index (χ1n) is 7.70. The molecule has 2 aliphatic rings. The maximum absolute atomic E-state index is 11.0. The van der Waals surface area contributed by atoms with E-state index in [0.29, 0.717) is 12.1 Å². The number of carbonyl (C=O) groups is 1. The average Bonchev–Trinajstić information content (AvgIpc) is 3.07. The Morgan fingerprint density at radius 1 is 1.52 bits per heavy atom. The molecule has 6 heteroatoms. The van der Waals surface area contributed by atoms with Gasteiger partial charge in [0.25, 0.3) is 0 Å². The molecule has 0 radical (unpaired) electrons. The summed E-state index contributed by atoms with van der Waals surface area (Å²) in [7, 11) is 0. The molecule has 2 fully saturated rings. The van der Waals surface area contributed by atoms with Crippen molar-refractivity contribution < 1.29 is 9.90 Å². The number of thiazole rings is 1. The number of carboxylic acids is 1. The van der Waals surface area contributed by atoms with Crippen LogP contribution in [0.15, 0.2) is 5.38 Å². The maximum atomic E-state index is 11.0. The molecule has 116 valence electrons. The first kappa shape index (κ1) is 14.9. The first-order chi connectivity index (χ1) is 10.1. The molecule has 1 heterocycles. The second-order valence-corrected chi connectivity index (χ2v) is 7.39.